The number of hydrogen-bond donors (Lipinski definition) is 1. The molecule has 0 amide bonds. The predicted molar refractivity (Wildman–Crippen MR) is 137 cm³/mol. The van der Waals surface area contributed by atoms with Crippen LogP contribution >= 0.6 is 0 Å². The monoisotopic (exact) mass is 514 g/mol. The van der Waals surface area contributed by atoms with Gasteiger partial charge in [-0.1, -0.05) is 58.1 Å². The number of halogens is 1. The van der Waals surface area contributed by atoms with Gasteiger partial charge in [-0.3, -0.25) is 5.41 Å². The zero-order valence-electron chi connectivity index (χ0n) is 21.7. The number of unbranched alkanes of at least 4 members (excludes halogenated alkanes) is 5. The Morgan fingerprint density at radius 1 is 0.921 bits per heavy atom. The van der Waals surface area contributed by atoms with Crippen LogP contribution in [-0.4, -0.2) is 12.5 Å². The predicted octanol–water partition coefficient (Wildman–Crippen LogP) is 6.68. The van der Waals surface area contributed by atoms with Crippen LogP contribution in [-0.2, 0) is 15.3 Å². The molecule has 2 aliphatic rings. The molecule has 38 heavy (non-hydrogen) atoms. The van der Waals surface area contributed by atoms with Crippen molar-refractivity contribution >= 4 is 5.90 Å². The molecule has 0 aliphatic carbocycles. The van der Waals surface area contributed by atoms with Crippen LogP contribution in [0.2, 0.25) is 0 Å². The number of nitrogens with one attached hydrogen (secondary N) is 1. The summed E-state index contributed by atoms with van der Waals surface area (Å²) in [6.07, 6.45) is 5.70. The lowest BCUT2D eigenvalue weighted by Crippen LogP contribution is -2.57. The van der Waals surface area contributed by atoms with Gasteiger partial charge >= 0.3 is 0 Å². The Morgan fingerprint density at radius 3 is 2.16 bits per heavy atom. The molecule has 1 N–H and O–H groups in total. The quantitative estimate of drug-likeness (QED) is 0.353. The third-order valence-electron chi connectivity index (χ3n) is 7.86. The minimum absolute atomic E-state index is 0.390. The minimum atomic E-state index is -2.07. The van der Waals surface area contributed by atoms with E-state index in [0.717, 1.165) is 12.8 Å². The molecule has 2 aromatic rings. The normalized spacial score (nSPS) is 27.0. The Balaban J connectivity index is 1.66. The summed E-state index contributed by atoms with van der Waals surface area (Å²) in [5.74, 6) is -2.91. The molecule has 7 nitrogen and oxygen atoms in total. The van der Waals surface area contributed by atoms with Gasteiger partial charge in [0, 0.05) is 5.56 Å². The Morgan fingerprint density at radius 2 is 1.55 bits per heavy atom. The van der Waals surface area contributed by atoms with Crippen molar-refractivity contribution in [3.63, 3.8) is 0 Å². The van der Waals surface area contributed by atoms with Gasteiger partial charge in [-0.25, -0.2) is 4.39 Å². The molecular weight excluding hydrogens is 483 g/mol. The average molecular weight is 515 g/mol. The van der Waals surface area contributed by atoms with E-state index in [-0.39, 0.29) is 0 Å². The molecular formula is C30H31FN4O3. The van der Waals surface area contributed by atoms with Crippen molar-refractivity contribution in [1.82, 2.24) is 0 Å². The Bertz CT molecular complexity index is 1280. The Kier molecular flexibility index (Phi) is 7.72. The van der Waals surface area contributed by atoms with Gasteiger partial charge in [0.1, 0.15) is 17.7 Å². The Hall–Kier alpha value is -3.93. The standard InChI is InChI=1S/C30H31FN4O3/c1-3-4-5-6-7-8-17-36-25-15-9-22(10-16-25)26-28(18-32,19-33)29(20-34)21(2)30(37-26,38-27(29)35)23-11-13-24(31)14-12-23/h9-16,21,26,35H,3-8,17H2,1-2H3. The van der Waals surface area contributed by atoms with Crippen molar-refractivity contribution in [2.24, 2.45) is 16.7 Å². The van der Waals surface area contributed by atoms with Crippen LogP contribution in [0.1, 0.15) is 69.6 Å². The summed E-state index contributed by atoms with van der Waals surface area (Å²) >= 11 is 0. The summed E-state index contributed by atoms with van der Waals surface area (Å²) in [6.45, 7) is 4.39. The van der Waals surface area contributed by atoms with Crippen LogP contribution in [0.15, 0.2) is 48.5 Å². The molecule has 0 aromatic heterocycles. The minimum Gasteiger partial charge on any atom is -0.494 e. The van der Waals surface area contributed by atoms with Gasteiger partial charge in [0.05, 0.1) is 30.7 Å². The lowest BCUT2D eigenvalue weighted by molar-refractivity contribution is -0.288. The van der Waals surface area contributed by atoms with Crippen LogP contribution in [0.5, 0.6) is 5.75 Å². The highest BCUT2D eigenvalue weighted by atomic mass is 19.1. The van der Waals surface area contributed by atoms with E-state index in [1.54, 1.807) is 31.2 Å². The van der Waals surface area contributed by atoms with E-state index in [2.05, 4.69) is 13.0 Å². The molecule has 4 atom stereocenters. The maximum absolute atomic E-state index is 13.7. The van der Waals surface area contributed by atoms with E-state index in [1.807, 2.05) is 12.1 Å². The second-order valence-corrected chi connectivity index (χ2v) is 9.96. The fourth-order valence-corrected chi connectivity index (χ4v) is 5.66. The SMILES string of the molecule is CCCCCCCCOc1ccc(C2OC3(c4ccc(F)cc4)OC(=N)C(C#N)(C3C)C2(C#N)C#N)cc1. The van der Waals surface area contributed by atoms with Gasteiger partial charge in [0.25, 0.3) is 0 Å². The molecule has 2 heterocycles. The third kappa shape index (κ3) is 4.08. The van der Waals surface area contributed by atoms with Gasteiger partial charge in [-0.15, -0.1) is 0 Å². The van der Waals surface area contributed by atoms with E-state index in [9.17, 15) is 20.2 Å². The molecule has 8 heteroatoms. The lowest BCUT2D eigenvalue weighted by Gasteiger charge is -2.48. The van der Waals surface area contributed by atoms with Crippen molar-refractivity contribution in [3.05, 3.63) is 65.5 Å². The van der Waals surface area contributed by atoms with Crippen molar-refractivity contribution < 1.29 is 18.6 Å². The van der Waals surface area contributed by atoms with E-state index >= 15 is 0 Å². The number of nitriles is 3. The summed E-state index contributed by atoms with van der Waals surface area (Å²) in [4.78, 5) is 0. The number of hydrogen-bond acceptors (Lipinski definition) is 7. The maximum atomic E-state index is 13.7. The first kappa shape index (κ1) is 27.1. The second kappa shape index (κ2) is 10.8. The van der Waals surface area contributed by atoms with Crippen molar-refractivity contribution in [2.45, 2.75) is 64.3 Å². The molecule has 2 aliphatic heterocycles. The first-order valence-corrected chi connectivity index (χ1v) is 13.0. The largest absolute Gasteiger partial charge is 0.494 e. The molecule has 2 saturated heterocycles. The summed E-state index contributed by atoms with van der Waals surface area (Å²) in [5, 5.41) is 39.8. The van der Waals surface area contributed by atoms with Crippen LogP contribution in [0.25, 0.3) is 0 Å². The van der Waals surface area contributed by atoms with Crippen molar-refractivity contribution in [2.75, 3.05) is 6.61 Å². The fraction of sp³-hybridized carbons (Fsp3) is 0.467. The first-order chi connectivity index (χ1) is 18.3. The number of rotatable bonds is 10. The van der Waals surface area contributed by atoms with Gasteiger partial charge in [-0.2, -0.15) is 15.8 Å². The Labute approximate surface area is 222 Å². The highest BCUT2D eigenvalue weighted by Crippen LogP contribution is 2.68. The highest BCUT2D eigenvalue weighted by Gasteiger charge is 2.79. The smallest absolute Gasteiger partial charge is 0.244 e. The van der Waals surface area contributed by atoms with E-state index in [4.69, 9.17) is 19.6 Å². The number of nitrogens with zero attached hydrogens (tertiary/aromatic N) is 3. The zero-order valence-corrected chi connectivity index (χ0v) is 21.7. The van der Waals surface area contributed by atoms with E-state index < -0.39 is 40.4 Å². The molecule has 0 radical (unpaired) electrons. The van der Waals surface area contributed by atoms with Crippen LogP contribution in [0.3, 0.4) is 0 Å². The van der Waals surface area contributed by atoms with Gasteiger partial charge in [-0.05, 0) is 48.4 Å². The fourth-order valence-electron chi connectivity index (χ4n) is 5.66. The maximum Gasteiger partial charge on any atom is 0.244 e. The summed E-state index contributed by atoms with van der Waals surface area (Å²) in [7, 11) is 0. The topological polar surface area (TPSA) is 123 Å². The molecule has 2 aromatic carbocycles. The molecule has 4 unspecified atom stereocenters. The molecule has 4 rings (SSSR count). The first-order valence-electron chi connectivity index (χ1n) is 13.0. The lowest BCUT2D eigenvalue weighted by atomic mass is 9.53. The number of ether oxygens (including phenoxy) is 3. The third-order valence-corrected chi connectivity index (χ3v) is 7.86. The second-order valence-electron chi connectivity index (χ2n) is 9.96. The van der Waals surface area contributed by atoms with E-state index in [1.165, 1.54) is 49.9 Å². The van der Waals surface area contributed by atoms with Crippen LogP contribution in [0.4, 0.5) is 4.39 Å². The van der Waals surface area contributed by atoms with Crippen LogP contribution in [0, 0.1) is 62.0 Å². The molecule has 196 valence electrons. The number of fused-ring (bicyclic) bond motifs is 2. The van der Waals surface area contributed by atoms with Gasteiger partial charge in [0.15, 0.2) is 5.41 Å². The van der Waals surface area contributed by atoms with Gasteiger partial charge in [0.2, 0.25) is 17.1 Å². The molecule has 0 saturated carbocycles. The van der Waals surface area contributed by atoms with Crippen molar-refractivity contribution in [3.8, 4) is 24.0 Å². The zero-order chi connectivity index (χ0) is 27.4. The number of benzene rings is 2. The van der Waals surface area contributed by atoms with Crippen LogP contribution < -0.4 is 4.74 Å². The van der Waals surface area contributed by atoms with E-state index in [0.29, 0.717) is 23.5 Å². The average Bonchev–Trinajstić information content (AvgIpc) is 3.09. The highest BCUT2D eigenvalue weighted by molar-refractivity contribution is 5.89. The summed E-state index contributed by atoms with van der Waals surface area (Å²) in [5.41, 5.74) is -3.13. The summed E-state index contributed by atoms with van der Waals surface area (Å²) < 4.78 is 32.0. The van der Waals surface area contributed by atoms with Crippen molar-refractivity contribution in [1.29, 1.82) is 21.2 Å². The molecule has 2 fully saturated rings. The summed E-state index contributed by atoms with van der Waals surface area (Å²) in [6, 6.07) is 18.5. The van der Waals surface area contributed by atoms with Gasteiger partial charge < -0.3 is 14.2 Å². The molecule has 2 bridgehead atoms. The molecule has 0 spiro atoms.